The summed E-state index contributed by atoms with van der Waals surface area (Å²) >= 11 is 0. The molecule has 2 rings (SSSR count). The van der Waals surface area contributed by atoms with E-state index >= 15 is 0 Å². The molecular formula is C13H24N4O2. The van der Waals surface area contributed by atoms with Crippen molar-refractivity contribution in [1.29, 1.82) is 0 Å². The highest BCUT2D eigenvalue weighted by Gasteiger charge is 2.37. The van der Waals surface area contributed by atoms with Gasteiger partial charge in [-0.1, -0.05) is 12.0 Å². The SMILES string of the molecule is CCCNC(C)c1nnc(NCC2(OC)CCC2)o1. The van der Waals surface area contributed by atoms with Gasteiger partial charge in [-0.3, -0.25) is 0 Å². The monoisotopic (exact) mass is 268 g/mol. The van der Waals surface area contributed by atoms with Crippen LogP contribution in [0.3, 0.4) is 0 Å². The maximum absolute atomic E-state index is 5.60. The molecule has 0 bridgehead atoms. The molecule has 6 nitrogen and oxygen atoms in total. The lowest BCUT2D eigenvalue weighted by atomic mass is 9.80. The van der Waals surface area contributed by atoms with Crippen LogP contribution in [0, 0.1) is 0 Å². The predicted molar refractivity (Wildman–Crippen MR) is 73.1 cm³/mol. The van der Waals surface area contributed by atoms with E-state index in [1.165, 1.54) is 6.42 Å². The third-order valence-electron chi connectivity index (χ3n) is 3.77. The first-order valence-electron chi connectivity index (χ1n) is 7.05. The number of nitrogens with zero attached hydrogens (tertiary/aromatic N) is 2. The van der Waals surface area contributed by atoms with Crippen molar-refractivity contribution in [3.05, 3.63) is 5.89 Å². The molecular weight excluding hydrogens is 244 g/mol. The van der Waals surface area contributed by atoms with E-state index < -0.39 is 0 Å². The highest BCUT2D eigenvalue weighted by molar-refractivity contribution is 5.19. The minimum absolute atomic E-state index is 0.0410. The third-order valence-corrected chi connectivity index (χ3v) is 3.77. The molecule has 1 atom stereocenters. The molecule has 1 heterocycles. The molecule has 6 heteroatoms. The van der Waals surface area contributed by atoms with Gasteiger partial charge in [0.15, 0.2) is 0 Å². The van der Waals surface area contributed by atoms with Crippen molar-refractivity contribution in [2.45, 2.75) is 51.2 Å². The van der Waals surface area contributed by atoms with Crippen LogP contribution in [0.2, 0.25) is 0 Å². The fourth-order valence-corrected chi connectivity index (χ4v) is 2.19. The van der Waals surface area contributed by atoms with Crippen molar-refractivity contribution >= 4 is 6.01 Å². The van der Waals surface area contributed by atoms with Crippen LogP contribution in [0.5, 0.6) is 0 Å². The van der Waals surface area contributed by atoms with Crippen LogP contribution in [-0.4, -0.2) is 36.0 Å². The second kappa shape index (κ2) is 6.34. The van der Waals surface area contributed by atoms with Crippen molar-refractivity contribution in [2.75, 3.05) is 25.5 Å². The smallest absolute Gasteiger partial charge is 0.315 e. The number of methoxy groups -OCH3 is 1. The van der Waals surface area contributed by atoms with Gasteiger partial charge in [0.25, 0.3) is 0 Å². The van der Waals surface area contributed by atoms with Crippen LogP contribution in [0.4, 0.5) is 6.01 Å². The van der Waals surface area contributed by atoms with Gasteiger partial charge < -0.3 is 19.8 Å². The van der Waals surface area contributed by atoms with E-state index in [9.17, 15) is 0 Å². The fraction of sp³-hybridized carbons (Fsp3) is 0.846. The Kier molecular flexibility index (Phi) is 4.76. The Morgan fingerprint density at radius 1 is 1.42 bits per heavy atom. The summed E-state index contributed by atoms with van der Waals surface area (Å²) in [6.45, 7) is 5.82. The van der Waals surface area contributed by atoms with Gasteiger partial charge in [0, 0.05) is 13.7 Å². The number of nitrogens with one attached hydrogen (secondary N) is 2. The summed E-state index contributed by atoms with van der Waals surface area (Å²) in [5.74, 6) is 0.621. The maximum atomic E-state index is 5.60. The van der Waals surface area contributed by atoms with E-state index in [2.05, 4.69) is 27.8 Å². The first-order chi connectivity index (χ1) is 9.19. The Morgan fingerprint density at radius 2 is 2.21 bits per heavy atom. The van der Waals surface area contributed by atoms with Gasteiger partial charge in [0.1, 0.15) is 0 Å². The third kappa shape index (κ3) is 3.45. The topological polar surface area (TPSA) is 72.2 Å². The van der Waals surface area contributed by atoms with Crippen molar-refractivity contribution in [1.82, 2.24) is 15.5 Å². The molecule has 19 heavy (non-hydrogen) atoms. The van der Waals surface area contributed by atoms with Crippen LogP contribution < -0.4 is 10.6 Å². The van der Waals surface area contributed by atoms with Crippen molar-refractivity contribution in [2.24, 2.45) is 0 Å². The number of rotatable bonds is 8. The second-order valence-corrected chi connectivity index (χ2v) is 5.22. The van der Waals surface area contributed by atoms with Crippen LogP contribution in [0.15, 0.2) is 4.42 Å². The van der Waals surface area contributed by atoms with Crippen LogP contribution in [-0.2, 0) is 4.74 Å². The van der Waals surface area contributed by atoms with Gasteiger partial charge in [-0.05, 0) is 39.2 Å². The molecule has 1 aromatic heterocycles. The number of ether oxygens (including phenoxy) is 1. The highest BCUT2D eigenvalue weighted by Crippen LogP contribution is 2.35. The first kappa shape index (κ1) is 14.3. The summed E-state index contributed by atoms with van der Waals surface area (Å²) in [7, 11) is 1.76. The Balaban J connectivity index is 1.83. The molecule has 0 spiro atoms. The van der Waals surface area contributed by atoms with E-state index in [1.54, 1.807) is 7.11 Å². The summed E-state index contributed by atoms with van der Waals surface area (Å²) in [6, 6.07) is 0.562. The normalized spacial score (nSPS) is 18.9. The number of aromatic nitrogens is 2. The Hall–Kier alpha value is -1.14. The van der Waals surface area contributed by atoms with Gasteiger partial charge in [-0.15, -0.1) is 5.10 Å². The Morgan fingerprint density at radius 3 is 2.79 bits per heavy atom. The predicted octanol–water partition coefficient (Wildman–Crippen LogP) is 2.11. The molecule has 1 aromatic rings. The summed E-state index contributed by atoms with van der Waals surface area (Å²) in [5.41, 5.74) is -0.0410. The summed E-state index contributed by atoms with van der Waals surface area (Å²) in [4.78, 5) is 0. The molecule has 1 aliphatic rings. The Labute approximate surface area is 114 Å². The molecule has 0 saturated heterocycles. The average Bonchev–Trinajstić information content (AvgIpc) is 2.84. The lowest BCUT2D eigenvalue weighted by molar-refractivity contribution is -0.0604. The number of anilines is 1. The molecule has 1 fully saturated rings. The molecule has 0 radical (unpaired) electrons. The minimum Gasteiger partial charge on any atom is -0.406 e. The molecule has 0 aliphatic heterocycles. The lowest BCUT2D eigenvalue weighted by Gasteiger charge is -2.40. The molecule has 1 unspecified atom stereocenters. The van der Waals surface area contributed by atoms with E-state index in [0.29, 0.717) is 11.9 Å². The van der Waals surface area contributed by atoms with Crippen LogP contribution >= 0.6 is 0 Å². The largest absolute Gasteiger partial charge is 0.406 e. The van der Waals surface area contributed by atoms with E-state index in [1.807, 2.05) is 6.92 Å². The average molecular weight is 268 g/mol. The fourth-order valence-electron chi connectivity index (χ4n) is 2.19. The van der Waals surface area contributed by atoms with Gasteiger partial charge in [-0.25, -0.2) is 0 Å². The van der Waals surface area contributed by atoms with Crippen molar-refractivity contribution < 1.29 is 9.15 Å². The molecule has 108 valence electrons. The summed E-state index contributed by atoms with van der Waals surface area (Å²) in [6.07, 6.45) is 4.49. The quantitative estimate of drug-likeness (QED) is 0.752. The van der Waals surface area contributed by atoms with Gasteiger partial charge >= 0.3 is 6.01 Å². The first-order valence-corrected chi connectivity index (χ1v) is 7.05. The molecule has 1 saturated carbocycles. The van der Waals surface area contributed by atoms with Crippen LogP contribution in [0.1, 0.15) is 51.5 Å². The van der Waals surface area contributed by atoms with Gasteiger partial charge in [-0.2, -0.15) is 0 Å². The van der Waals surface area contributed by atoms with E-state index in [4.69, 9.17) is 9.15 Å². The van der Waals surface area contributed by atoms with E-state index in [0.717, 1.165) is 32.4 Å². The second-order valence-electron chi connectivity index (χ2n) is 5.22. The maximum Gasteiger partial charge on any atom is 0.315 e. The molecule has 2 N–H and O–H groups in total. The van der Waals surface area contributed by atoms with E-state index in [-0.39, 0.29) is 11.6 Å². The number of hydrogen-bond donors (Lipinski definition) is 2. The van der Waals surface area contributed by atoms with Gasteiger partial charge in [0.05, 0.1) is 11.6 Å². The van der Waals surface area contributed by atoms with Crippen LogP contribution in [0.25, 0.3) is 0 Å². The molecule has 1 aliphatic carbocycles. The number of hydrogen-bond acceptors (Lipinski definition) is 6. The van der Waals surface area contributed by atoms with Gasteiger partial charge in [0.2, 0.25) is 5.89 Å². The Bertz CT molecular complexity index is 384. The zero-order valence-corrected chi connectivity index (χ0v) is 12.0. The zero-order chi connectivity index (χ0) is 13.7. The zero-order valence-electron chi connectivity index (χ0n) is 12.0. The van der Waals surface area contributed by atoms with Crippen molar-refractivity contribution in [3.8, 4) is 0 Å². The highest BCUT2D eigenvalue weighted by atomic mass is 16.5. The van der Waals surface area contributed by atoms with Crippen molar-refractivity contribution in [3.63, 3.8) is 0 Å². The molecule has 0 amide bonds. The summed E-state index contributed by atoms with van der Waals surface area (Å²) < 4.78 is 11.1. The minimum atomic E-state index is -0.0410. The summed E-state index contributed by atoms with van der Waals surface area (Å²) in [5, 5.41) is 14.6. The molecule has 0 aromatic carbocycles. The standard InChI is InChI=1S/C13H24N4O2/c1-4-8-14-10(2)11-16-17-12(19-11)15-9-13(18-3)6-5-7-13/h10,14H,4-9H2,1-3H3,(H,15,17). The lowest BCUT2D eigenvalue weighted by Crippen LogP contribution is -2.45.